The summed E-state index contributed by atoms with van der Waals surface area (Å²) in [6.45, 7) is 5.67. The minimum Gasteiger partial charge on any atom is -0.487 e. The third kappa shape index (κ3) is 4.35. The van der Waals surface area contributed by atoms with E-state index in [0.717, 1.165) is 17.2 Å². The van der Waals surface area contributed by atoms with Crippen molar-refractivity contribution in [1.29, 1.82) is 0 Å². The minimum absolute atomic E-state index is 0.0288. The number of hydrogen-bond acceptors (Lipinski definition) is 5. The number of hydrazine groups is 1. The molecule has 0 saturated carbocycles. The second-order valence-electron chi connectivity index (χ2n) is 5.60. The maximum Gasteiger partial charge on any atom is 0.311 e. The highest BCUT2D eigenvalue weighted by molar-refractivity contribution is 6.00. The summed E-state index contributed by atoms with van der Waals surface area (Å²) in [5.41, 5.74) is 6.49. The highest BCUT2D eigenvalue weighted by Crippen LogP contribution is 2.27. The SMILES string of the molecule is CCOc1ccc(C(=O)NNC(=O)c2ccc(C)cc2C)cc1[N+](=O)[O-]. The van der Waals surface area contributed by atoms with Crippen molar-refractivity contribution in [2.45, 2.75) is 20.8 Å². The van der Waals surface area contributed by atoms with Crippen LogP contribution in [0.15, 0.2) is 36.4 Å². The van der Waals surface area contributed by atoms with Gasteiger partial charge in [-0.3, -0.25) is 30.6 Å². The lowest BCUT2D eigenvalue weighted by molar-refractivity contribution is -0.385. The van der Waals surface area contributed by atoms with Gasteiger partial charge in [-0.2, -0.15) is 0 Å². The highest BCUT2D eigenvalue weighted by atomic mass is 16.6. The molecule has 2 aromatic rings. The third-order valence-corrected chi connectivity index (χ3v) is 3.63. The van der Waals surface area contributed by atoms with Crippen LogP contribution in [0, 0.1) is 24.0 Å². The minimum atomic E-state index is -0.672. The number of carbonyl (C=O) groups is 2. The van der Waals surface area contributed by atoms with Gasteiger partial charge in [0.15, 0.2) is 5.75 Å². The van der Waals surface area contributed by atoms with Crippen LogP contribution in [-0.2, 0) is 0 Å². The smallest absolute Gasteiger partial charge is 0.311 e. The van der Waals surface area contributed by atoms with Gasteiger partial charge in [0, 0.05) is 17.2 Å². The molecule has 2 aromatic carbocycles. The molecule has 0 aromatic heterocycles. The monoisotopic (exact) mass is 357 g/mol. The summed E-state index contributed by atoms with van der Waals surface area (Å²) in [6, 6.07) is 9.14. The number of nitrogens with one attached hydrogen (secondary N) is 2. The number of hydrogen-bond donors (Lipinski definition) is 2. The predicted octanol–water partition coefficient (Wildman–Crippen LogP) is 2.69. The Morgan fingerprint density at radius 3 is 2.38 bits per heavy atom. The summed E-state index contributed by atoms with van der Waals surface area (Å²) < 4.78 is 5.17. The van der Waals surface area contributed by atoms with Gasteiger partial charge >= 0.3 is 5.69 Å². The molecule has 0 saturated heterocycles. The van der Waals surface area contributed by atoms with Crippen molar-refractivity contribution in [3.63, 3.8) is 0 Å². The Bertz CT molecular complexity index is 864. The summed E-state index contributed by atoms with van der Waals surface area (Å²) in [4.78, 5) is 34.8. The molecule has 0 aliphatic heterocycles. The van der Waals surface area contributed by atoms with Gasteiger partial charge in [-0.1, -0.05) is 17.7 Å². The molecule has 8 heteroatoms. The summed E-state index contributed by atoms with van der Waals surface area (Å²) in [5.74, 6) is -1.07. The average Bonchev–Trinajstić information content (AvgIpc) is 2.59. The summed E-state index contributed by atoms with van der Waals surface area (Å²) in [5, 5.41) is 11.1. The molecule has 0 atom stereocenters. The molecule has 0 radical (unpaired) electrons. The van der Waals surface area contributed by atoms with E-state index in [0.29, 0.717) is 5.56 Å². The second kappa shape index (κ2) is 8.11. The van der Waals surface area contributed by atoms with Crippen LogP contribution in [0.3, 0.4) is 0 Å². The Hall–Kier alpha value is -3.42. The first-order valence-corrected chi connectivity index (χ1v) is 7.92. The third-order valence-electron chi connectivity index (χ3n) is 3.63. The molecule has 0 spiro atoms. The molecule has 2 rings (SSSR count). The molecule has 0 heterocycles. The van der Waals surface area contributed by atoms with Gasteiger partial charge in [0.2, 0.25) is 0 Å². The van der Waals surface area contributed by atoms with Crippen molar-refractivity contribution in [3.8, 4) is 5.75 Å². The van der Waals surface area contributed by atoms with E-state index < -0.39 is 16.7 Å². The van der Waals surface area contributed by atoms with E-state index in [-0.39, 0.29) is 23.6 Å². The van der Waals surface area contributed by atoms with Gasteiger partial charge in [-0.05, 0) is 44.5 Å². The number of ether oxygens (including phenoxy) is 1. The van der Waals surface area contributed by atoms with E-state index in [1.54, 1.807) is 26.0 Å². The fourth-order valence-electron chi connectivity index (χ4n) is 2.40. The van der Waals surface area contributed by atoms with Crippen LogP contribution < -0.4 is 15.6 Å². The first-order valence-electron chi connectivity index (χ1n) is 7.92. The molecule has 0 bridgehead atoms. The Labute approximate surface area is 150 Å². The topological polar surface area (TPSA) is 111 Å². The zero-order chi connectivity index (χ0) is 19.3. The Morgan fingerprint density at radius 2 is 1.77 bits per heavy atom. The molecule has 0 aliphatic carbocycles. The summed E-state index contributed by atoms with van der Waals surface area (Å²) in [7, 11) is 0. The van der Waals surface area contributed by atoms with E-state index in [9.17, 15) is 19.7 Å². The second-order valence-corrected chi connectivity index (χ2v) is 5.60. The highest BCUT2D eigenvalue weighted by Gasteiger charge is 2.19. The molecule has 26 heavy (non-hydrogen) atoms. The van der Waals surface area contributed by atoms with Crippen LogP contribution in [0.5, 0.6) is 5.75 Å². The van der Waals surface area contributed by atoms with Crippen molar-refractivity contribution in [3.05, 3.63) is 68.8 Å². The van der Waals surface area contributed by atoms with Gasteiger partial charge in [0.25, 0.3) is 11.8 Å². The molecular formula is C18H19N3O5. The molecule has 0 aliphatic rings. The molecule has 0 unspecified atom stereocenters. The van der Waals surface area contributed by atoms with Crippen LogP contribution in [-0.4, -0.2) is 23.3 Å². The summed E-state index contributed by atoms with van der Waals surface area (Å²) >= 11 is 0. The van der Waals surface area contributed by atoms with Crippen LogP contribution >= 0.6 is 0 Å². The lowest BCUT2D eigenvalue weighted by Crippen LogP contribution is -2.41. The van der Waals surface area contributed by atoms with E-state index in [1.165, 1.54) is 12.1 Å². The Balaban J connectivity index is 2.11. The number of nitro benzene ring substituents is 1. The lowest BCUT2D eigenvalue weighted by Gasteiger charge is -2.10. The Kier molecular flexibility index (Phi) is 5.90. The van der Waals surface area contributed by atoms with E-state index >= 15 is 0 Å². The maximum absolute atomic E-state index is 12.2. The normalized spacial score (nSPS) is 10.1. The van der Waals surface area contributed by atoms with Gasteiger partial charge in [0.05, 0.1) is 11.5 Å². The van der Waals surface area contributed by atoms with Crippen molar-refractivity contribution < 1.29 is 19.2 Å². The van der Waals surface area contributed by atoms with Crippen LogP contribution in [0.4, 0.5) is 5.69 Å². The van der Waals surface area contributed by atoms with Crippen LogP contribution in [0.1, 0.15) is 38.8 Å². The van der Waals surface area contributed by atoms with E-state index in [2.05, 4.69) is 10.9 Å². The van der Waals surface area contributed by atoms with Gasteiger partial charge in [0.1, 0.15) is 0 Å². The fraction of sp³-hybridized carbons (Fsp3) is 0.222. The van der Waals surface area contributed by atoms with E-state index in [4.69, 9.17) is 4.74 Å². The predicted molar refractivity (Wildman–Crippen MR) is 95.1 cm³/mol. The van der Waals surface area contributed by atoms with Crippen LogP contribution in [0.25, 0.3) is 0 Å². The first-order chi connectivity index (χ1) is 12.3. The quantitative estimate of drug-likeness (QED) is 0.631. The maximum atomic E-state index is 12.2. The van der Waals surface area contributed by atoms with Gasteiger partial charge < -0.3 is 4.74 Å². The number of amides is 2. The van der Waals surface area contributed by atoms with Crippen molar-refractivity contribution in [1.82, 2.24) is 10.9 Å². The molecular weight excluding hydrogens is 338 g/mol. The lowest BCUT2D eigenvalue weighted by atomic mass is 10.1. The average molecular weight is 357 g/mol. The number of rotatable bonds is 5. The van der Waals surface area contributed by atoms with Crippen LogP contribution in [0.2, 0.25) is 0 Å². The zero-order valence-corrected chi connectivity index (χ0v) is 14.7. The molecule has 0 fully saturated rings. The largest absolute Gasteiger partial charge is 0.487 e. The van der Waals surface area contributed by atoms with Crippen molar-refractivity contribution >= 4 is 17.5 Å². The van der Waals surface area contributed by atoms with Crippen molar-refractivity contribution in [2.75, 3.05) is 6.61 Å². The number of nitro groups is 1. The number of benzene rings is 2. The first kappa shape index (κ1) is 18.9. The zero-order valence-electron chi connectivity index (χ0n) is 14.7. The molecule has 136 valence electrons. The van der Waals surface area contributed by atoms with E-state index in [1.807, 2.05) is 13.0 Å². The number of carbonyl (C=O) groups excluding carboxylic acids is 2. The standard InChI is InChI=1S/C18H19N3O5/c1-4-26-16-8-6-13(10-15(16)21(24)25)17(22)19-20-18(23)14-7-5-11(2)9-12(14)3/h5-10H,4H2,1-3H3,(H,19,22)(H,20,23). The number of aryl methyl sites for hydroxylation is 2. The molecule has 2 amide bonds. The van der Waals surface area contributed by atoms with Gasteiger partial charge in [-0.15, -0.1) is 0 Å². The van der Waals surface area contributed by atoms with Crippen molar-refractivity contribution in [2.24, 2.45) is 0 Å². The summed E-state index contributed by atoms with van der Waals surface area (Å²) in [6.07, 6.45) is 0. The fourth-order valence-corrected chi connectivity index (χ4v) is 2.40. The molecule has 2 N–H and O–H groups in total. The molecule has 8 nitrogen and oxygen atoms in total. The number of nitrogens with zero attached hydrogens (tertiary/aromatic N) is 1. The Morgan fingerprint density at radius 1 is 1.08 bits per heavy atom. The van der Waals surface area contributed by atoms with Gasteiger partial charge in [-0.25, -0.2) is 0 Å².